The standard InChI is InChI=1S/C24H33N3O3S.ClH/c1-25(14-5-6-15-27-22(28)18-9-7-10-19(18)23(27)29)13-4-3-8-17-11-12-20-21(16-17)31-24(30)26(20)2;/h11-12,16,18-19H,3-10,13-15H2,1-2H3;1H. The molecule has 2 aliphatic rings. The maximum Gasteiger partial charge on any atom is 0.307 e. The van der Waals surface area contributed by atoms with Gasteiger partial charge in [-0.05, 0) is 82.8 Å². The molecule has 1 saturated heterocycles. The highest BCUT2D eigenvalue weighted by Gasteiger charge is 2.49. The second-order valence-electron chi connectivity index (χ2n) is 9.17. The number of hydrogen-bond donors (Lipinski definition) is 0. The number of halogens is 1. The number of amides is 2. The van der Waals surface area contributed by atoms with Crippen molar-refractivity contribution in [3.8, 4) is 0 Å². The summed E-state index contributed by atoms with van der Waals surface area (Å²) in [4.78, 5) is 40.5. The molecule has 0 radical (unpaired) electrons. The van der Waals surface area contributed by atoms with Crippen molar-refractivity contribution >= 4 is 45.8 Å². The number of thiazole rings is 1. The van der Waals surface area contributed by atoms with Gasteiger partial charge >= 0.3 is 4.87 Å². The summed E-state index contributed by atoms with van der Waals surface area (Å²) < 4.78 is 2.78. The number of carbonyl (C=O) groups is 2. The fourth-order valence-corrected chi connectivity index (χ4v) is 6.03. The Morgan fingerprint density at radius 3 is 2.34 bits per heavy atom. The predicted molar refractivity (Wildman–Crippen MR) is 132 cm³/mol. The van der Waals surface area contributed by atoms with Gasteiger partial charge in [0.2, 0.25) is 11.8 Å². The first kappa shape index (κ1) is 24.9. The molecule has 1 aromatic heterocycles. The van der Waals surface area contributed by atoms with E-state index >= 15 is 0 Å². The predicted octanol–water partition coefficient (Wildman–Crippen LogP) is 3.84. The number of nitrogens with zero attached hydrogens (tertiary/aromatic N) is 3. The van der Waals surface area contributed by atoms with Crippen molar-refractivity contribution in [1.29, 1.82) is 0 Å². The van der Waals surface area contributed by atoms with E-state index in [1.54, 1.807) is 4.57 Å². The summed E-state index contributed by atoms with van der Waals surface area (Å²) in [6, 6.07) is 6.34. The lowest BCUT2D eigenvalue weighted by molar-refractivity contribution is -0.140. The third-order valence-corrected chi connectivity index (χ3v) is 7.96. The van der Waals surface area contributed by atoms with Crippen LogP contribution in [-0.4, -0.2) is 52.9 Å². The molecule has 2 heterocycles. The van der Waals surface area contributed by atoms with Crippen molar-refractivity contribution in [2.45, 2.75) is 51.4 Å². The van der Waals surface area contributed by atoms with Gasteiger partial charge in [-0.1, -0.05) is 23.8 Å². The minimum atomic E-state index is -0.0131. The van der Waals surface area contributed by atoms with Gasteiger partial charge < -0.3 is 9.47 Å². The number of imide groups is 1. The quantitative estimate of drug-likeness (QED) is 0.383. The smallest absolute Gasteiger partial charge is 0.306 e. The highest BCUT2D eigenvalue weighted by atomic mass is 35.5. The highest BCUT2D eigenvalue weighted by Crippen LogP contribution is 2.39. The largest absolute Gasteiger partial charge is 0.307 e. The molecule has 1 aliphatic carbocycles. The van der Waals surface area contributed by atoms with E-state index in [1.165, 1.54) is 21.8 Å². The first-order valence-electron chi connectivity index (χ1n) is 11.6. The van der Waals surface area contributed by atoms with Crippen LogP contribution >= 0.6 is 23.7 Å². The van der Waals surface area contributed by atoms with E-state index in [0.717, 1.165) is 74.7 Å². The summed E-state index contributed by atoms with van der Waals surface area (Å²) in [6.07, 6.45) is 7.99. The number of carbonyl (C=O) groups excluding carboxylic acids is 2. The molecule has 2 fully saturated rings. The van der Waals surface area contributed by atoms with Gasteiger partial charge in [0, 0.05) is 13.6 Å². The average Bonchev–Trinajstić information content (AvgIpc) is 3.40. The van der Waals surface area contributed by atoms with Gasteiger partial charge in [-0.2, -0.15) is 0 Å². The number of unbranched alkanes of at least 4 members (excludes halogenated alkanes) is 2. The van der Waals surface area contributed by atoms with Crippen molar-refractivity contribution in [1.82, 2.24) is 14.4 Å². The molecular formula is C24H34ClN3O3S. The molecule has 0 bridgehead atoms. The van der Waals surface area contributed by atoms with Gasteiger partial charge in [0.15, 0.2) is 0 Å². The maximum atomic E-state index is 12.4. The van der Waals surface area contributed by atoms with Crippen LogP contribution in [0.5, 0.6) is 0 Å². The lowest BCUT2D eigenvalue weighted by atomic mass is 10.00. The molecule has 1 aliphatic heterocycles. The molecule has 2 amide bonds. The molecule has 2 aromatic rings. The summed E-state index contributed by atoms with van der Waals surface area (Å²) in [5.74, 6) is 0.144. The Kier molecular flexibility index (Phi) is 8.53. The molecule has 0 spiro atoms. The van der Waals surface area contributed by atoms with Gasteiger partial charge in [-0.3, -0.25) is 19.3 Å². The van der Waals surface area contributed by atoms with E-state index in [9.17, 15) is 14.4 Å². The van der Waals surface area contributed by atoms with Crippen LogP contribution in [0.4, 0.5) is 0 Å². The number of aromatic nitrogens is 1. The molecule has 6 nitrogen and oxygen atoms in total. The van der Waals surface area contributed by atoms with E-state index in [-0.39, 0.29) is 40.9 Å². The minimum absolute atomic E-state index is 0. The Balaban J connectivity index is 0.00000289. The van der Waals surface area contributed by atoms with Crippen molar-refractivity contribution in [2.75, 3.05) is 26.7 Å². The Labute approximate surface area is 200 Å². The SMILES string of the molecule is CN(CCCCc1ccc2c(c1)sc(=O)n2C)CCCCN1C(=O)C2CCCC2C1=O.Cl. The second-order valence-corrected chi connectivity index (χ2v) is 10.2. The molecule has 8 heteroatoms. The van der Waals surface area contributed by atoms with Crippen LogP contribution in [0.1, 0.15) is 50.5 Å². The Morgan fingerprint density at radius 2 is 1.66 bits per heavy atom. The molecule has 32 heavy (non-hydrogen) atoms. The van der Waals surface area contributed by atoms with Gasteiger partial charge in [-0.15, -0.1) is 12.4 Å². The first-order valence-corrected chi connectivity index (χ1v) is 12.4. The van der Waals surface area contributed by atoms with Crippen molar-refractivity contribution < 1.29 is 9.59 Å². The zero-order valence-electron chi connectivity index (χ0n) is 19.0. The Bertz CT molecular complexity index is 996. The number of hydrogen-bond acceptors (Lipinski definition) is 5. The molecule has 4 rings (SSSR count). The van der Waals surface area contributed by atoms with Crippen LogP contribution in [0.15, 0.2) is 23.0 Å². The molecule has 176 valence electrons. The lowest BCUT2D eigenvalue weighted by Gasteiger charge is -2.19. The minimum Gasteiger partial charge on any atom is -0.306 e. The number of fused-ring (bicyclic) bond motifs is 2. The summed E-state index contributed by atoms with van der Waals surface area (Å²) in [5, 5.41) is 0. The third-order valence-electron chi connectivity index (χ3n) is 6.97. The molecule has 0 N–H and O–H groups in total. The van der Waals surface area contributed by atoms with Crippen LogP contribution in [-0.2, 0) is 23.1 Å². The summed E-state index contributed by atoms with van der Waals surface area (Å²) >= 11 is 1.32. The fourth-order valence-electron chi connectivity index (χ4n) is 5.09. The second kappa shape index (κ2) is 10.9. The monoisotopic (exact) mass is 479 g/mol. The van der Waals surface area contributed by atoms with E-state index in [2.05, 4.69) is 30.1 Å². The molecule has 1 saturated carbocycles. The van der Waals surface area contributed by atoms with Crippen LogP contribution < -0.4 is 4.87 Å². The highest BCUT2D eigenvalue weighted by molar-refractivity contribution is 7.16. The Morgan fingerprint density at radius 1 is 1.00 bits per heavy atom. The zero-order chi connectivity index (χ0) is 22.0. The van der Waals surface area contributed by atoms with Gasteiger partial charge in [0.1, 0.15) is 0 Å². The first-order chi connectivity index (χ1) is 15.0. The topological polar surface area (TPSA) is 62.6 Å². The summed E-state index contributed by atoms with van der Waals surface area (Å²) in [7, 11) is 3.96. The van der Waals surface area contributed by atoms with Crippen molar-refractivity contribution in [3.63, 3.8) is 0 Å². The summed E-state index contributed by atoms with van der Waals surface area (Å²) in [6.45, 7) is 2.63. The van der Waals surface area contributed by atoms with Crippen LogP contribution in [0.2, 0.25) is 0 Å². The van der Waals surface area contributed by atoms with Gasteiger partial charge in [0.25, 0.3) is 0 Å². The van der Waals surface area contributed by atoms with E-state index in [0.29, 0.717) is 6.54 Å². The average molecular weight is 480 g/mol. The maximum absolute atomic E-state index is 12.4. The number of likely N-dealkylation sites (tertiary alicyclic amines) is 1. The van der Waals surface area contributed by atoms with E-state index in [4.69, 9.17) is 0 Å². The molecule has 1 aromatic carbocycles. The number of rotatable bonds is 10. The van der Waals surface area contributed by atoms with Crippen LogP contribution in [0, 0.1) is 11.8 Å². The normalized spacial score (nSPS) is 20.4. The fraction of sp³-hybridized carbons (Fsp3) is 0.625. The zero-order valence-corrected chi connectivity index (χ0v) is 20.7. The molecular weight excluding hydrogens is 446 g/mol. The van der Waals surface area contributed by atoms with Crippen LogP contribution in [0.25, 0.3) is 10.2 Å². The summed E-state index contributed by atoms with van der Waals surface area (Å²) in [5.41, 5.74) is 2.31. The lowest BCUT2D eigenvalue weighted by Crippen LogP contribution is -2.33. The van der Waals surface area contributed by atoms with Gasteiger partial charge in [-0.25, -0.2) is 0 Å². The van der Waals surface area contributed by atoms with E-state index < -0.39 is 0 Å². The van der Waals surface area contributed by atoms with Crippen molar-refractivity contribution in [3.05, 3.63) is 33.4 Å². The molecule has 2 atom stereocenters. The van der Waals surface area contributed by atoms with Gasteiger partial charge in [0.05, 0.1) is 22.1 Å². The van der Waals surface area contributed by atoms with Crippen LogP contribution in [0.3, 0.4) is 0 Å². The van der Waals surface area contributed by atoms with Crippen molar-refractivity contribution in [2.24, 2.45) is 18.9 Å². The Hall–Kier alpha value is -1.70. The molecule has 2 unspecified atom stereocenters. The number of benzene rings is 1. The van der Waals surface area contributed by atoms with E-state index in [1.807, 2.05) is 7.05 Å². The number of aryl methyl sites for hydroxylation is 2. The third kappa shape index (κ3) is 5.26.